The molecule has 2 rings (SSSR count). The van der Waals surface area contributed by atoms with Gasteiger partial charge in [-0.15, -0.1) is 0 Å². The van der Waals surface area contributed by atoms with Crippen molar-refractivity contribution in [3.05, 3.63) is 0 Å². The largest absolute Gasteiger partial charge is 0.377 e. The van der Waals surface area contributed by atoms with Gasteiger partial charge in [-0.05, 0) is 56.8 Å². The van der Waals surface area contributed by atoms with Crippen LogP contribution in [0, 0.1) is 17.3 Å². The highest BCUT2D eigenvalue weighted by atomic mass is 16.5. The quantitative estimate of drug-likeness (QED) is 0.719. The molecule has 2 fully saturated rings. The van der Waals surface area contributed by atoms with Gasteiger partial charge in [-0.25, -0.2) is 0 Å². The first-order chi connectivity index (χ1) is 8.01. The van der Waals surface area contributed by atoms with Gasteiger partial charge in [0.15, 0.2) is 0 Å². The van der Waals surface area contributed by atoms with Crippen LogP contribution in [-0.4, -0.2) is 25.3 Å². The van der Waals surface area contributed by atoms with E-state index in [2.05, 4.69) is 33.0 Å². The molecule has 1 spiro atoms. The van der Waals surface area contributed by atoms with E-state index in [1.54, 1.807) is 0 Å². The molecule has 0 aromatic rings. The van der Waals surface area contributed by atoms with Gasteiger partial charge in [0.25, 0.3) is 0 Å². The number of ether oxygens (including phenoxy) is 1. The minimum atomic E-state index is 0.364. The first-order valence-electron chi connectivity index (χ1n) is 7.36. The Bertz CT molecular complexity index is 235. The maximum atomic E-state index is 5.54. The molecule has 0 aliphatic heterocycles. The maximum Gasteiger partial charge on any atom is 0.0594 e. The Hall–Kier alpha value is -0.0800. The average molecular weight is 239 g/mol. The molecule has 2 heteroatoms. The molecule has 2 aliphatic carbocycles. The van der Waals surface area contributed by atoms with E-state index in [0.717, 1.165) is 36.4 Å². The predicted octanol–water partition coefficient (Wildman–Crippen LogP) is 3.22. The van der Waals surface area contributed by atoms with Crippen LogP contribution >= 0.6 is 0 Å². The Morgan fingerprint density at radius 3 is 2.29 bits per heavy atom. The number of hydrogen-bond donors (Lipinski definition) is 1. The topological polar surface area (TPSA) is 21.3 Å². The summed E-state index contributed by atoms with van der Waals surface area (Å²) in [4.78, 5) is 0. The van der Waals surface area contributed by atoms with E-state index in [9.17, 15) is 0 Å². The molecule has 0 radical (unpaired) electrons. The van der Waals surface area contributed by atoms with Gasteiger partial charge in [0.1, 0.15) is 0 Å². The van der Waals surface area contributed by atoms with Crippen LogP contribution in [0.15, 0.2) is 0 Å². The van der Waals surface area contributed by atoms with Gasteiger partial charge in [0, 0.05) is 12.6 Å². The molecule has 2 nitrogen and oxygen atoms in total. The lowest BCUT2D eigenvalue weighted by molar-refractivity contribution is -0.0668. The third-order valence-electron chi connectivity index (χ3n) is 4.68. The molecular weight excluding hydrogens is 210 g/mol. The van der Waals surface area contributed by atoms with Gasteiger partial charge in [-0.3, -0.25) is 0 Å². The molecule has 0 unspecified atom stereocenters. The highest BCUT2D eigenvalue weighted by Gasteiger charge is 2.52. The van der Waals surface area contributed by atoms with E-state index < -0.39 is 0 Å². The first-order valence-corrected chi connectivity index (χ1v) is 7.36. The second kappa shape index (κ2) is 5.27. The summed E-state index contributed by atoms with van der Waals surface area (Å²) < 4.78 is 5.54. The minimum Gasteiger partial charge on any atom is -0.377 e. The molecule has 100 valence electrons. The van der Waals surface area contributed by atoms with E-state index in [1.165, 1.54) is 25.7 Å². The highest BCUT2D eigenvalue weighted by Crippen LogP contribution is 2.60. The zero-order valence-corrected chi connectivity index (χ0v) is 12.0. The van der Waals surface area contributed by atoms with Gasteiger partial charge in [-0.2, -0.15) is 0 Å². The lowest BCUT2D eigenvalue weighted by Crippen LogP contribution is -2.56. The van der Waals surface area contributed by atoms with Crippen molar-refractivity contribution < 1.29 is 4.74 Å². The summed E-state index contributed by atoms with van der Waals surface area (Å²) in [5.41, 5.74) is 0.755. The van der Waals surface area contributed by atoms with Crippen LogP contribution in [0.25, 0.3) is 0 Å². The molecule has 0 saturated heterocycles. The standard InChI is InChI=1S/C15H29NO/c1-11(2)13-7-15(8-13)9-14(10-15)16-5-6-17-12(3)4/h11-14,16H,5-10H2,1-4H3. The summed E-state index contributed by atoms with van der Waals surface area (Å²) in [7, 11) is 0. The summed E-state index contributed by atoms with van der Waals surface area (Å²) >= 11 is 0. The van der Waals surface area contributed by atoms with Crippen LogP contribution < -0.4 is 5.32 Å². The Balaban J connectivity index is 1.52. The third kappa shape index (κ3) is 3.23. The van der Waals surface area contributed by atoms with E-state index in [1.807, 2.05) is 0 Å². The molecule has 0 heterocycles. The van der Waals surface area contributed by atoms with Gasteiger partial charge in [0.2, 0.25) is 0 Å². The Morgan fingerprint density at radius 2 is 1.76 bits per heavy atom. The van der Waals surface area contributed by atoms with Gasteiger partial charge in [0.05, 0.1) is 12.7 Å². The zero-order valence-electron chi connectivity index (χ0n) is 12.0. The lowest BCUT2D eigenvalue weighted by atomic mass is 9.48. The van der Waals surface area contributed by atoms with Gasteiger partial charge >= 0.3 is 0 Å². The molecule has 1 N–H and O–H groups in total. The molecule has 0 atom stereocenters. The summed E-state index contributed by atoms with van der Waals surface area (Å²) in [5, 5.41) is 3.62. The molecule has 2 saturated carbocycles. The van der Waals surface area contributed by atoms with Crippen LogP contribution in [0.3, 0.4) is 0 Å². The molecule has 2 aliphatic rings. The molecule has 0 bridgehead atoms. The van der Waals surface area contributed by atoms with Crippen molar-refractivity contribution in [2.75, 3.05) is 13.2 Å². The summed E-state index contributed by atoms with van der Waals surface area (Å²) in [6.45, 7) is 10.8. The molecule has 0 amide bonds. The van der Waals surface area contributed by atoms with Crippen molar-refractivity contribution in [1.29, 1.82) is 0 Å². The summed E-state index contributed by atoms with van der Waals surface area (Å²) in [5.74, 6) is 1.91. The SMILES string of the molecule is CC(C)OCCNC1CC2(C1)CC(C(C)C)C2. The molecule has 0 aromatic carbocycles. The highest BCUT2D eigenvalue weighted by molar-refractivity contribution is 5.05. The smallest absolute Gasteiger partial charge is 0.0594 e. The summed E-state index contributed by atoms with van der Waals surface area (Å²) in [6, 6.07) is 0.777. The fourth-order valence-corrected chi connectivity index (χ4v) is 3.54. The number of hydrogen-bond acceptors (Lipinski definition) is 2. The van der Waals surface area contributed by atoms with E-state index in [-0.39, 0.29) is 0 Å². The first kappa shape index (κ1) is 13.4. The maximum absolute atomic E-state index is 5.54. The number of nitrogens with one attached hydrogen (secondary N) is 1. The van der Waals surface area contributed by atoms with Crippen LogP contribution in [0.2, 0.25) is 0 Å². The van der Waals surface area contributed by atoms with E-state index in [4.69, 9.17) is 4.74 Å². The second-order valence-electron chi connectivity index (χ2n) is 6.89. The normalized spacial score (nSPS) is 36.4. The van der Waals surface area contributed by atoms with E-state index in [0.29, 0.717) is 6.10 Å². The predicted molar refractivity (Wildman–Crippen MR) is 72.1 cm³/mol. The average Bonchev–Trinajstić information content (AvgIpc) is 2.10. The van der Waals surface area contributed by atoms with Crippen LogP contribution in [0.1, 0.15) is 53.4 Å². The van der Waals surface area contributed by atoms with Gasteiger partial charge in [-0.1, -0.05) is 13.8 Å². The summed E-state index contributed by atoms with van der Waals surface area (Å²) in [6.07, 6.45) is 6.18. The van der Waals surface area contributed by atoms with Crippen molar-refractivity contribution in [1.82, 2.24) is 5.32 Å². The number of rotatable bonds is 6. The fraction of sp³-hybridized carbons (Fsp3) is 1.00. The molecule has 0 aromatic heterocycles. The van der Waals surface area contributed by atoms with Crippen molar-refractivity contribution in [2.45, 2.75) is 65.5 Å². The third-order valence-corrected chi connectivity index (χ3v) is 4.68. The Morgan fingerprint density at radius 1 is 1.12 bits per heavy atom. The minimum absolute atomic E-state index is 0.364. The van der Waals surface area contributed by atoms with E-state index >= 15 is 0 Å². The molecule has 17 heavy (non-hydrogen) atoms. The van der Waals surface area contributed by atoms with Crippen molar-refractivity contribution >= 4 is 0 Å². The fourth-order valence-electron chi connectivity index (χ4n) is 3.54. The van der Waals surface area contributed by atoms with Crippen molar-refractivity contribution in [2.24, 2.45) is 17.3 Å². The Labute approximate surface area is 107 Å². The van der Waals surface area contributed by atoms with Crippen molar-refractivity contribution in [3.63, 3.8) is 0 Å². The van der Waals surface area contributed by atoms with Crippen molar-refractivity contribution in [3.8, 4) is 0 Å². The zero-order chi connectivity index (χ0) is 12.5. The second-order valence-corrected chi connectivity index (χ2v) is 6.89. The lowest BCUT2D eigenvalue weighted by Gasteiger charge is -2.59. The monoisotopic (exact) mass is 239 g/mol. The van der Waals surface area contributed by atoms with Crippen LogP contribution in [0.4, 0.5) is 0 Å². The van der Waals surface area contributed by atoms with Crippen LogP contribution in [0.5, 0.6) is 0 Å². The molecular formula is C15H29NO. The van der Waals surface area contributed by atoms with Gasteiger partial charge < -0.3 is 10.1 Å². The Kier molecular flexibility index (Phi) is 4.14. The van der Waals surface area contributed by atoms with Crippen LogP contribution in [-0.2, 0) is 4.74 Å².